The fraction of sp³-hybridized carbons (Fsp3) is 0.286. The van der Waals surface area contributed by atoms with Crippen molar-refractivity contribution in [3.05, 3.63) is 65.5 Å². The van der Waals surface area contributed by atoms with E-state index in [1.807, 2.05) is 0 Å². The molecule has 6 nitrogen and oxygen atoms in total. The molecule has 1 heterocycles. The number of carbonyl (C=O) groups excluding carboxylic acids is 3. The van der Waals surface area contributed by atoms with Crippen LogP contribution in [0.1, 0.15) is 41.7 Å². The highest BCUT2D eigenvalue weighted by Crippen LogP contribution is 2.21. The van der Waals surface area contributed by atoms with Crippen molar-refractivity contribution in [1.29, 1.82) is 0 Å². The topological polar surface area (TPSA) is 75.7 Å². The number of hydrogen-bond acceptors (Lipinski definition) is 4. The van der Waals surface area contributed by atoms with Gasteiger partial charge in [-0.05, 0) is 55.3 Å². The first kappa shape index (κ1) is 19.5. The maximum Gasteiger partial charge on any atom is 0.338 e. The monoisotopic (exact) mass is 384 g/mol. The van der Waals surface area contributed by atoms with Crippen LogP contribution < -0.4 is 10.2 Å². The number of nitrogens with zero attached hydrogens (tertiary/aromatic N) is 1. The van der Waals surface area contributed by atoms with E-state index in [2.05, 4.69) is 5.32 Å². The van der Waals surface area contributed by atoms with Gasteiger partial charge in [-0.15, -0.1) is 0 Å². The van der Waals surface area contributed by atoms with Gasteiger partial charge in [0.05, 0.1) is 11.6 Å². The SMILES string of the molecule is CC(NC(=O)COC(=O)c1ccc(N2CCCC2=O)cc1)c1ccc(F)cc1. The van der Waals surface area contributed by atoms with Gasteiger partial charge in [-0.25, -0.2) is 9.18 Å². The molecule has 2 aromatic carbocycles. The number of ether oxygens (including phenoxy) is 1. The van der Waals surface area contributed by atoms with Crippen molar-refractivity contribution < 1.29 is 23.5 Å². The normalized spacial score (nSPS) is 14.6. The molecule has 1 atom stereocenters. The summed E-state index contributed by atoms with van der Waals surface area (Å²) in [6.07, 6.45) is 1.36. The molecular formula is C21H21FN2O4. The van der Waals surface area contributed by atoms with Crippen molar-refractivity contribution in [3.8, 4) is 0 Å². The van der Waals surface area contributed by atoms with Gasteiger partial charge in [-0.2, -0.15) is 0 Å². The molecule has 0 bridgehead atoms. The molecule has 0 spiro atoms. The molecule has 1 unspecified atom stereocenters. The fourth-order valence-electron chi connectivity index (χ4n) is 3.03. The van der Waals surface area contributed by atoms with Gasteiger partial charge in [-0.3, -0.25) is 9.59 Å². The zero-order valence-electron chi connectivity index (χ0n) is 15.5. The average molecular weight is 384 g/mol. The quantitative estimate of drug-likeness (QED) is 0.777. The summed E-state index contributed by atoms with van der Waals surface area (Å²) >= 11 is 0. The Morgan fingerprint density at radius 3 is 2.43 bits per heavy atom. The summed E-state index contributed by atoms with van der Waals surface area (Å²) < 4.78 is 18.0. The minimum absolute atomic E-state index is 0.0715. The molecule has 0 aromatic heterocycles. The maximum absolute atomic E-state index is 13.0. The first-order valence-corrected chi connectivity index (χ1v) is 9.06. The lowest BCUT2D eigenvalue weighted by molar-refractivity contribution is -0.124. The van der Waals surface area contributed by atoms with Gasteiger partial charge in [0.25, 0.3) is 5.91 Å². The van der Waals surface area contributed by atoms with E-state index in [9.17, 15) is 18.8 Å². The molecule has 1 N–H and O–H groups in total. The predicted octanol–water partition coefficient (Wildman–Crippen LogP) is 2.99. The highest BCUT2D eigenvalue weighted by Gasteiger charge is 2.22. The molecule has 1 aliphatic rings. The summed E-state index contributed by atoms with van der Waals surface area (Å²) in [7, 11) is 0. The highest BCUT2D eigenvalue weighted by atomic mass is 19.1. The van der Waals surface area contributed by atoms with Crippen LogP contribution in [0.4, 0.5) is 10.1 Å². The van der Waals surface area contributed by atoms with Crippen LogP contribution in [0, 0.1) is 5.82 Å². The van der Waals surface area contributed by atoms with Crippen molar-refractivity contribution >= 4 is 23.5 Å². The van der Waals surface area contributed by atoms with Gasteiger partial charge >= 0.3 is 5.97 Å². The van der Waals surface area contributed by atoms with E-state index in [0.29, 0.717) is 18.5 Å². The summed E-state index contributed by atoms with van der Waals surface area (Å²) in [5.74, 6) is -1.35. The fourth-order valence-corrected chi connectivity index (χ4v) is 3.03. The Kier molecular flexibility index (Phi) is 6.03. The molecule has 2 aromatic rings. The van der Waals surface area contributed by atoms with E-state index in [1.54, 1.807) is 48.2 Å². The van der Waals surface area contributed by atoms with E-state index >= 15 is 0 Å². The van der Waals surface area contributed by atoms with E-state index in [1.165, 1.54) is 12.1 Å². The molecule has 146 valence electrons. The Balaban J connectivity index is 1.49. The minimum atomic E-state index is -0.621. The van der Waals surface area contributed by atoms with Crippen molar-refractivity contribution in [2.75, 3.05) is 18.1 Å². The number of benzene rings is 2. The first-order chi connectivity index (χ1) is 13.4. The molecule has 0 aliphatic carbocycles. The minimum Gasteiger partial charge on any atom is -0.452 e. The van der Waals surface area contributed by atoms with Crippen LogP contribution in [0.5, 0.6) is 0 Å². The summed E-state index contributed by atoms with van der Waals surface area (Å²) in [5.41, 5.74) is 1.79. The second-order valence-electron chi connectivity index (χ2n) is 6.61. The molecule has 3 rings (SSSR count). The summed E-state index contributed by atoms with van der Waals surface area (Å²) in [6, 6.07) is 12.0. The lowest BCUT2D eigenvalue weighted by Gasteiger charge is -2.16. The predicted molar refractivity (Wildman–Crippen MR) is 101 cm³/mol. The standard InChI is InChI=1S/C21H21FN2O4/c1-14(15-4-8-17(22)9-5-15)23-19(25)13-28-21(27)16-6-10-18(11-7-16)24-12-2-3-20(24)26/h4-11,14H,2-3,12-13H2,1H3,(H,23,25). The van der Waals surface area contributed by atoms with Crippen LogP contribution in [-0.4, -0.2) is 30.9 Å². The zero-order chi connectivity index (χ0) is 20.1. The Bertz CT molecular complexity index is 865. The molecule has 28 heavy (non-hydrogen) atoms. The Labute approximate surface area is 162 Å². The van der Waals surface area contributed by atoms with E-state index < -0.39 is 18.5 Å². The number of halogens is 1. The number of carbonyl (C=O) groups is 3. The van der Waals surface area contributed by atoms with E-state index in [-0.39, 0.29) is 17.8 Å². The molecule has 1 saturated heterocycles. The number of anilines is 1. The van der Waals surface area contributed by atoms with Crippen LogP contribution >= 0.6 is 0 Å². The third-order valence-corrected chi connectivity index (χ3v) is 4.57. The van der Waals surface area contributed by atoms with Crippen molar-refractivity contribution in [2.24, 2.45) is 0 Å². The Morgan fingerprint density at radius 2 is 1.82 bits per heavy atom. The summed E-state index contributed by atoms with van der Waals surface area (Å²) in [6.45, 7) is 2.01. The van der Waals surface area contributed by atoms with Crippen molar-refractivity contribution in [3.63, 3.8) is 0 Å². The molecule has 0 radical (unpaired) electrons. The van der Waals surface area contributed by atoms with Crippen LogP contribution in [0.25, 0.3) is 0 Å². The van der Waals surface area contributed by atoms with Gasteiger partial charge in [0.2, 0.25) is 5.91 Å². The Morgan fingerprint density at radius 1 is 1.14 bits per heavy atom. The first-order valence-electron chi connectivity index (χ1n) is 9.06. The second kappa shape index (κ2) is 8.65. The van der Waals surface area contributed by atoms with Crippen molar-refractivity contribution in [2.45, 2.75) is 25.8 Å². The van der Waals surface area contributed by atoms with Gasteiger partial charge in [0.15, 0.2) is 6.61 Å². The van der Waals surface area contributed by atoms with Gasteiger partial charge in [0, 0.05) is 18.7 Å². The number of nitrogens with one attached hydrogen (secondary N) is 1. The average Bonchev–Trinajstić information content (AvgIpc) is 3.12. The smallest absolute Gasteiger partial charge is 0.338 e. The largest absolute Gasteiger partial charge is 0.452 e. The lowest BCUT2D eigenvalue weighted by Crippen LogP contribution is -2.31. The maximum atomic E-state index is 13.0. The van der Waals surface area contributed by atoms with Crippen LogP contribution in [0.2, 0.25) is 0 Å². The molecule has 1 aliphatic heterocycles. The molecular weight excluding hydrogens is 363 g/mol. The Hall–Kier alpha value is -3.22. The number of amides is 2. The van der Waals surface area contributed by atoms with Crippen LogP contribution in [-0.2, 0) is 14.3 Å². The van der Waals surface area contributed by atoms with Gasteiger partial charge in [0.1, 0.15) is 5.82 Å². The second-order valence-corrected chi connectivity index (χ2v) is 6.61. The lowest BCUT2D eigenvalue weighted by atomic mass is 10.1. The molecule has 0 saturated carbocycles. The highest BCUT2D eigenvalue weighted by molar-refractivity contribution is 5.96. The third kappa shape index (κ3) is 4.73. The number of hydrogen-bond donors (Lipinski definition) is 1. The van der Waals surface area contributed by atoms with E-state index in [4.69, 9.17) is 4.74 Å². The van der Waals surface area contributed by atoms with E-state index in [0.717, 1.165) is 17.7 Å². The van der Waals surface area contributed by atoms with Crippen molar-refractivity contribution in [1.82, 2.24) is 5.32 Å². The van der Waals surface area contributed by atoms with Crippen LogP contribution in [0.15, 0.2) is 48.5 Å². The summed E-state index contributed by atoms with van der Waals surface area (Å²) in [5, 5.41) is 2.69. The van der Waals surface area contributed by atoms with Gasteiger partial charge in [-0.1, -0.05) is 12.1 Å². The molecule has 2 amide bonds. The summed E-state index contributed by atoms with van der Waals surface area (Å²) in [4.78, 5) is 37.5. The zero-order valence-corrected chi connectivity index (χ0v) is 15.5. The third-order valence-electron chi connectivity index (χ3n) is 4.57. The number of rotatable bonds is 6. The molecule has 7 heteroatoms. The van der Waals surface area contributed by atoms with Gasteiger partial charge < -0.3 is 15.0 Å². The van der Waals surface area contributed by atoms with Crippen LogP contribution in [0.3, 0.4) is 0 Å². The molecule has 1 fully saturated rings. The number of esters is 1.